The first-order chi connectivity index (χ1) is 12.9. The number of halogens is 2. The average Bonchev–Trinajstić information content (AvgIpc) is 2.63. The summed E-state index contributed by atoms with van der Waals surface area (Å²) in [4.78, 5) is 15.8. The van der Waals surface area contributed by atoms with Gasteiger partial charge in [0, 0.05) is 12.0 Å². The molecule has 2 aromatic rings. The minimum Gasteiger partial charge on any atom is -0.478 e. The van der Waals surface area contributed by atoms with E-state index in [4.69, 9.17) is 10.5 Å². The molecule has 2 rings (SSSR count). The predicted octanol–water partition coefficient (Wildman–Crippen LogP) is 4.08. The SMILES string of the molecule is CCCCC#CCOc1cccc(NC(=O)c2cc(C)c(F)nc2N)c1F. The summed E-state index contributed by atoms with van der Waals surface area (Å²) in [6.07, 6.45) is 2.83. The van der Waals surface area contributed by atoms with Gasteiger partial charge in [0.15, 0.2) is 11.6 Å². The Bertz CT molecular complexity index is 889. The number of pyridine rings is 1. The van der Waals surface area contributed by atoms with Crippen LogP contribution >= 0.6 is 0 Å². The molecule has 0 fully saturated rings. The second-order valence-corrected chi connectivity index (χ2v) is 5.85. The highest BCUT2D eigenvalue weighted by Gasteiger charge is 2.17. The lowest BCUT2D eigenvalue weighted by Gasteiger charge is -2.11. The van der Waals surface area contributed by atoms with E-state index in [0.717, 1.165) is 19.3 Å². The van der Waals surface area contributed by atoms with Crippen molar-refractivity contribution in [3.05, 3.63) is 47.2 Å². The molecule has 142 valence electrons. The van der Waals surface area contributed by atoms with E-state index in [-0.39, 0.29) is 35.0 Å². The Balaban J connectivity index is 2.10. The molecule has 0 spiro atoms. The number of ether oxygens (including phenoxy) is 1. The van der Waals surface area contributed by atoms with Crippen molar-refractivity contribution in [1.82, 2.24) is 4.98 Å². The molecule has 0 bridgehead atoms. The summed E-state index contributed by atoms with van der Waals surface area (Å²) in [5.41, 5.74) is 5.62. The van der Waals surface area contributed by atoms with Crippen LogP contribution in [0.4, 0.5) is 20.3 Å². The van der Waals surface area contributed by atoms with Gasteiger partial charge >= 0.3 is 0 Å². The number of nitrogens with zero attached hydrogens (tertiary/aromatic N) is 1. The van der Waals surface area contributed by atoms with E-state index in [1.807, 2.05) is 0 Å². The van der Waals surface area contributed by atoms with Crippen LogP contribution < -0.4 is 15.8 Å². The molecule has 0 aliphatic rings. The van der Waals surface area contributed by atoms with Crippen LogP contribution in [0.15, 0.2) is 24.3 Å². The van der Waals surface area contributed by atoms with E-state index >= 15 is 0 Å². The highest BCUT2D eigenvalue weighted by molar-refractivity contribution is 6.07. The molecule has 5 nitrogen and oxygen atoms in total. The summed E-state index contributed by atoms with van der Waals surface area (Å²) in [7, 11) is 0. The highest BCUT2D eigenvalue weighted by Crippen LogP contribution is 2.25. The molecule has 1 amide bonds. The molecule has 0 saturated heterocycles. The predicted molar refractivity (Wildman–Crippen MR) is 100 cm³/mol. The zero-order valence-electron chi connectivity index (χ0n) is 15.2. The van der Waals surface area contributed by atoms with Crippen LogP contribution in [0.1, 0.15) is 42.1 Å². The Hall–Kier alpha value is -3.14. The van der Waals surface area contributed by atoms with E-state index in [1.54, 1.807) is 0 Å². The third-order valence-corrected chi connectivity index (χ3v) is 3.72. The van der Waals surface area contributed by atoms with E-state index in [1.165, 1.54) is 31.2 Å². The van der Waals surface area contributed by atoms with E-state index in [9.17, 15) is 13.6 Å². The number of nitrogens with one attached hydrogen (secondary N) is 1. The summed E-state index contributed by atoms with van der Waals surface area (Å²) in [5, 5.41) is 2.40. The molecule has 3 N–H and O–H groups in total. The number of nitrogens with two attached hydrogens (primary N) is 1. The second kappa shape index (κ2) is 9.53. The maximum Gasteiger partial charge on any atom is 0.259 e. The molecular weight excluding hydrogens is 352 g/mol. The minimum absolute atomic E-state index is 0.0287. The Labute approximate surface area is 156 Å². The number of aromatic nitrogens is 1. The number of hydrogen-bond donors (Lipinski definition) is 2. The van der Waals surface area contributed by atoms with E-state index in [2.05, 4.69) is 29.1 Å². The third-order valence-electron chi connectivity index (χ3n) is 3.72. The van der Waals surface area contributed by atoms with Crippen molar-refractivity contribution in [3.8, 4) is 17.6 Å². The first kappa shape index (κ1) is 20.2. The average molecular weight is 373 g/mol. The monoisotopic (exact) mass is 373 g/mol. The van der Waals surface area contributed by atoms with Crippen molar-refractivity contribution in [3.63, 3.8) is 0 Å². The summed E-state index contributed by atoms with van der Waals surface area (Å²) < 4.78 is 33.2. The summed E-state index contributed by atoms with van der Waals surface area (Å²) in [5.74, 6) is 3.27. The lowest BCUT2D eigenvalue weighted by molar-refractivity contribution is 0.102. The number of nitrogen functional groups attached to an aromatic ring is 1. The van der Waals surface area contributed by atoms with Crippen LogP contribution in [0.25, 0.3) is 0 Å². The summed E-state index contributed by atoms with van der Waals surface area (Å²) in [6, 6.07) is 5.62. The van der Waals surface area contributed by atoms with Crippen molar-refractivity contribution < 1.29 is 18.3 Å². The second-order valence-electron chi connectivity index (χ2n) is 5.85. The molecule has 1 aromatic carbocycles. The normalized spacial score (nSPS) is 10.1. The Morgan fingerprint density at radius 3 is 2.85 bits per heavy atom. The fraction of sp³-hybridized carbons (Fsp3) is 0.300. The first-order valence-electron chi connectivity index (χ1n) is 8.55. The van der Waals surface area contributed by atoms with Gasteiger partial charge in [-0.2, -0.15) is 4.39 Å². The zero-order valence-corrected chi connectivity index (χ0v) is 15.2. The summed E-state index contributed by atoms with van der Waals surface area (Å²) in [6.45, 7) is 3.57. The van der Waals surface area contributed by atoms with Gasteiger partial charge < -0.3 is 15.8 Å². The number of anilines is 2. The van der Waals surface area contributed by atoms with Crippen LogP contribution in [-0.2, 0) is 0 Å². The molecule has 27 heavy (non-hydrogen) atoms. The molecule has 0 radical (unpaired) electrons. The largest absolute Gasteiger partial charge is 0.478 e. The van der Waals surface area contributed by atoms with Gasteiger partial charge in [0.1, 0.15) is 12.4 Å². The third kappa shape index (κ3) is 5.42. The molecule has 1 heterocycles. The standard InChI is InChI=1S/C20H21F2N3O2/c1-3-4-5-6-7-11-27-16-10-8-9-15(17(16)21)24-20(26)14-12-13(2)18(22)25-19(14)23/h8-10,12H,3-5,11H2,1-2H3,(H2,23,25)(H,24,26). The first-order valence-corrected chi connectivity index (χ1v) is 8.55. The molecule has 0 aliphatic heterocycles. The number of amides is 1. The molecule has 0 aliphatic carbocycles. The molecule has 0 saturated carbocycles. The van der Waals surface area contributed by atoms with E-state index in [0.29, 0.717) is 0 Å². The topological polar surface area (TPSA) is 77.2 Å². The van der Waals surface area contributed by atoms with Crippen LogP contribution in [-0.4, -0.2) is 17.5 Å². The van der Waals surface area contributed by atoms with Crippen LogP contribution in [0, 0.1) is 30.5 Å². The Kier molecular flexibility index (Phi) is 7.12. The number of carbonyl (C=O) groups excluding carboxylic acids is 1. The lowest BCUT2D eigenvalue weighted by atomic mass is 10.1. The summed E-state index contributed by atoms with van der Waals surface area (Å²) >= 11 is 0. The van der Waals surface area contributed by atoms with Crippen molar-refractivity contribution in [2.75, 3.05) is 17.7 Å². The van der Waals surface area contributed by atoms with Gasteiger partial charge in [-0.15, -0.1) is 0 Å². The van der Waals surface area contributed by atoms with Crippen molar-refractivity contribution in [2.24, 2.45) is 0 Å². The van der Waals surface area contributed by atoms with Gasteiger partial charge in [-0.25, -0.2) is 9.37 Å². The quantitative estimate of drug-likeness (QED) is 0.454. The molecule has 0 atom stereocenters. The molecule has 7 heteroatoms. The maximum absolute atomic E-state index is 14.5. The maximum atomic E-state index is 14.5. The number of carbonyl (C=O) groups is 1. The minimum atomic E-state index is -0.759. The van der Waals surface area contributed by atoms with Gasteiger partial charge in [-0.1, -0.05) is 31.3 Å². The number of hydrogen-bond acceptors (Lipinski definition) is 4. The van der Waals surface area contributed by atoms with E-state index < -0.39 is 17.7 Å². The highest BCUT2D eigenvalue weighted by atomic mass is 19.1. The lowest BCUT2D eigenvalue weighted by Crippen LogP contribution is -2.17. The number of unbranched alkanes of at least 4 members (excludes halogenated alkanes) is 2. The smallest absolute Gasteiger partial charge is 0.259 e. The van der Waals surface area contributed by atoms with Gasteiger partial charge in [0.05, 0.1) is 11.3 Å². The van der Waals surface area contributed by atoms with Crippen molar-refractivity contribution in [1.29, 1.82) is 0 Å². The molecule has 0 unspecified atom stereocenters. The number of benzene rings is 1. The van der Waals surface area contributed by atoms with Crippen molar-refractivity contribution in [2.45, 2.75) is 33.1 Å². The number of rotatable bonds is 6. The fourth-order valence-corrected chi connectivity index (χ4v) is 2.21. The fourth-order valence-electron chi connectivity index (χ4n) is 2.21. The molecule has 1 aromatic heterocycles. The van der Waals surface area contributed by atoms with Crippen LogP contribution in [0.2, 0.25) is 0 Å². The van der Waals surface area contributed by atoms with Crippen molar-refractivity contribution >= 4 is 17.4 Å². The van der Waals surface area contributed by atoms with Crippen LogP contribution in [0.5, 0.6) is 5.75 Å². The molecular formula is C20H21F2N3O2. The van der Waals surface area contributed by atoms with Gasteiger partial charge in [-0.05, 0) is 31.5 Å². The zero-order chi connectivity index (χ0) is 19.8. The van der Waals surface area contributed by atoms with Gasteiger partial charge in [0.25, 0.3) is 5.91 Å². The number of aryl methyl sites for hydroxylation is 1. The Morgan fingerprint density at radius 2 is 2.11 bits per heavy atom. The Morgan fingerprint density at radius 1 is 1.33 bits per heavy atom. The van der Waals surface area contributed by atoms with Gasteiger partial charge in [0.2, 0.25) is 5.95 Å². The van der Waals surface area contributed by atoms with Gasteiger partial charge in [-0.3, -0.25) is 4.79 Å². The van der Waals surface area contributed by atoms with Crippen LogP contribution in [0.3, 0.4) is 0 Å².